The van der Waals surface area contributed by atoms with Gasteiger partial charge in [-0.15, -0.1) is 23.5 Å². The second-order valence-corrected chi connectivity index (χ2v) is 7.49. The van der Waals surface area contributed by atoms with E-state index in [0.29, 0.717) is 0 Å². The number of aliphatic carboxylic acids is 2. The molecule has 0 heterocycles. The van der Waals surface area contributed by atoms with Gasteiger partial charge in [0.1, 0.15) is 18.1 Å². The molecular formula is C17H27N3O6S2. The highest BCUT2D eigenvalue weighted by Crippen LogP contribution is 2.08. The van der Waals surface area contributed by atoms with Crippen molar-refractivity contribution in [2.75, 3.05) is 11.5 Å². The molecule has 3 atom stereocenters. The predicted molar refractivity (Wildman–Crippen MR) is 111 cm³/mol. The van der Waals surface area contributed by atoms with Crippen LogP contribution in [0.1, 0.15) is 26.7 Å². The van der Waals surface area contributed by atoms with E-state index < -0.39 is 41.9 Å². The van der Waals surface area contributed by atoms with Gasteiger partial charge in [0.2, 0.25) is 11.8 Å². The van der Waals surface area contributed by atoms with Gasteiger partial charge in [0.25, 0.3) is 0 Å². The number of amides is 2. The normalized spacial score (nSPS) is 14.5. The van der Waals surface area contributed by atoms with Gasteiger partial charge in [-0.2, -0.15) is 0 Å². The van der Waals surface area contributed by atoms with E-state index in [1.165, 1.54) is 23.5 Å². The van der Waals surface area contributed by atoms with Gasteiger partial charge in [0.05, 0.1) is 0 Å². The van der Waals surface area contributed by atoms with E-state index in [1.54, 1.807) is 36.8 Å². The number of carboxylic acid groups (broad SMARTS) is 2. The summed E-state index contributed by atoms with van der Waals surface area (Å²) >= 11 is 2.52. The Kier molecular flexibility index (Phi) is 13.9. The molecule has 0 rings (SSSR count). The Morgan fingerprint density at radius 3 is 1.93 bits per heavy atom. The average Bonchev–Trinajstić information content (AvgIpc) is 2.64. The number of carbonyl (C=O) groups excluding carboxylic acids is 2. The maximum atomic E-state index is 12.5. The molecule has 2 amide bonds. The van der Waals surface area contributed by atoms with E-state index in [9.17, 15) is 24.3 Å². The van der Waals surface area contributed by atoms with Crippen molar-refractivity contribution in [2.45, 2.75) is 44.8 Å². The van der Waals surface area contributed by atoms with Crippen LogP contribution in [0.15, 0.2) is 23.0 Å². The molecule has 6 N–H and O–H groups in total. The Bertz CT molecular complexity index is 597. The fourth-order valence-corrected chi connectivity index (χ4v) is 3.26. The van der Waals surface area contributed by atoms with Crippen LogP contribution in [0.5, 0.6) is 0 Å². The molecule has 9 nitrogen and oxygen atoms in total. The Hall–Kier alpha value is -1.98. The van der Waals surface area contributed by atoms with Gasteiger partial charge < -0.3 is 26.6 Å². The van der Waals surface area contributed by atoms with Crippen LogP contribution in [0.2, 0.25) is 0 Å². The van der Waals surface area contributed by atoms with Crippen LogP contribution in [-0.4, -0.2) is 63.6 Å². The maximum Gasteiger partial charge on any atom is 0.327 e. The summed E-state index contributed by atoms with van der Waals surface area (Å²) in [4.78, 5) is 46.6. The quantitative estimate of drug-likeness (QED) is 0.267. The summed E-state index contributed by atoms with van der Waals surface area (Å²) in [7, 11) is 0. The van der Waals surface area contributed by atoms with Crippen molar-refractivity contribution >= 4 is 47.3 Å². The molecule has 0 radical (unpaired) electrons. The number of thioether (sulfide) groups is 2. The van der Waals surface area contributed by atoms with Gasteiger partial charge >= 0.3 is 11.9 Å². The molecule has 0 aromatic carbocycles. The number of hydrogen-bond donors (Lipinski definition) is 5. The van der Waals surface area contributed by atoms with Crippen molar-refractivity contribution in [1.82, 2.24) is 10.6 Å². The Labute approximate surface area is 172 Å². The first kappa shape index (κ1) is 26.0. The lowest BCUT2D eigenvalue weighted by molar-refractivity contribution is -0.141. The number of carboxylic acids is 2. The van der Waals surface area contributed by atoms with Crippen molar-refractivity contribution in [3.8, 4) is 0 Å². The number of nitrogens with one attached hydrogen (secondary N) is 2. The van der Waals surface area contributed by atoms with Crippen molar-refractivity contribution < 1.29 is 29.4 Å². The third-order valence-electron chi connectivity index (χ3n) is 3.26. The highest BCUT2D eigenvalue weighted by molar-refractivity contribution is 8.02. The fraction of sp³-hybridized carbons (Fsp3) is 0.529. The highest BCUT2D eigenvalue weighted by atomic mass is 32.2. The summed E-state index contributed by atoms with van der Waals surface area (Å²) < 4.78 is 0. The maximum absolute atomic E-state index is 12.5. The number of allylic oxidation sites excluding steroid dienone is 2. The highest BCUT2D eigenvalue weighted by Gasteiger charge is 2.26. The van der Waals surface area contributed by atoms with Crippen LogP contribution in [-0.2, 0) is 19.2 Å². The molecule has 0 aromatic heterocycles. The molecule has 0 spiro atoms. The minimum absolute atomic E-state index is 0.0742. The van der Waals surface area contributed by atoms with Crippen LogP contribution in [0.25, 0.3) is 0 Å². The van der Waals surface area contributed by atoms with Crippen LogP contribution >= 0.6 is 23.5 Å². The van der Waals surface area contributed by atoms with Crippen LogP contribution < -0.4 is 16.4 Å². The van der Waals surface area contributed by atoms with Crippen molar-refractivity contribution in [1.29, 1.82) is 0 Å². The summed E-state index contributed by atoms with van der Waals surface area (Å²) in [6, 6.07) is -3.25. The van der Waals surface area contributed by atoms with Gasteiger partial charge in [-0.3, -0.25) is 14.4 Å². The zero-order chi connectivity index (χ0) is 21.5. The van der Waals surface area contributed by atoms with Crippen LogP contribution in [0, 0.1) is 0 Å². The topological polar surface area (TPSA) is 159 Å². The third kappa shape index (κ3) is 11.7. The third-order valence-corrected chi connectivity index (χ3v) is 5.24. The average molecular weight is 434 g/mol. The van der Waals surface area contributed by atoms with Crippen molar-refractivity contribution in [2.24, 2.45) is 5.73 Å². The minimum Gasteiger partial charge on any atom is -0.480 e. The zero-order valence-corrected chi connectivity index (χ0v) is 17.4. The summed E-state index contributed by atoms with van der Waals surface area (Å²) in [5.74, 6) is -3.21. The van der Waals surface area contributed by atoms with Gasteiger partial charge in [-0.25, -0.2) is 4.79 Å². The van der Waals surface area contributed by atoms with Gasteiger partial charge in [-0.05, 0) is 31.1 Å². The smallest absolute Gasteiger partial charge is 0.327 e. The summed E-state index contributed by atoms with van der Waals surface area (Å²) in [5.41, 5.74) is 5.37. The summed E-state index contributed by atoms with van der Waals surface area (Å²) in [6.07, 6.45) is 3.28. The molecule has 28 heavy (non-hydrogen) atoms. The number of hydrogen-bond acceptors (Lipinski definition) is 7. The molecule has 0 aromatic rings. The lowest BCUT2D eigenvalue weighted by Gasteiger charge is -2.21. The molecule has 11 heteroatoms. The van der Waals surface area contributed by atoms with E-state index in [4.69, 9.17) is 10.8 Å². The van der Waals surface area contributed by atoms with E-state index in [-0.39, 0.29) is 24.3 Å². The molecule has 0 saturated heterocycles. The first-order valence-electron chi connectivity index (χ1n) is 8.49. The van der Waals surface area contributed by atoms with E-state index in [1.807, 2.05) is 0 Å². The lowest BCUT2D eigenvalue weighted by Crippen LogP contribution is -2.53. The molecule has 0 bridgehead atoms. The second kappa shape index (κ2) is 15.0. The zero-order valence-electron chi connectivity index (χ0n) is 15.8. The second-order valence-electron chi connectivity index (χ2n) is 5.61. The predicted octanol–water partition coefficient (Wildman–Crippen LogP) is 0.766. The minimum atomic E-state index is -1.21. The molecule has 0 unspecified atom stereocenters. The summed E-state index contributed by atoms with van der Waals surface area (Å²) in [6.45, 7) is 3.59. The Balaban J connectivity index is 4.94. The van der Waals surface area contributed by atoms with Gasteiger partial charge in [0.15, 0.2) is 0 Å². The monoisotopic (exact) mass is 433 g/mol. The van der Waals surface area contributed by atoms with Gasteiger partial charge in [-0.1, -0.05) is 12.2 Å². The molecule has 158 valence electrons. The molecule has 0 saturated carbocycles. The fourth-order valence-electron chi connectivity index (χ4n) is 1.80. The SMILES string of the molecule is CC=CSC[C@H](NC(=O)[C@H](CSC=CC)NC(=O)CC[C@H](N)C(=O)O)C(=O)O. The number of carbonyl (C=O) groups is 4. The number of nitrogens with two attached hydrogens (primary N) is 1. The van der Waals surface area contributed by atoms with Gasteiger partial charge in [0, 0.05) is 17.9 Å². The molecule has 0 aliphatic heterocycles. The van der Waals surface area contributed by atoms with Crippen LogP contribution in [0.3, 0.4) is 0 Å². The first-order chi connectivity index (χ1) is 13.2. The first-order valence-corrected chi connectivity index (χ1v) is 10.6. The molecule has 0 aliphatic carbocycles. The van der Waals surface area contributed by atoms with E-state index >= 15 is 0 Å². The molecule has 0 fully saturated rings. The largest absolute Gasteiger partial charge is 0.480 e. The van der Waals surface area contributed by atoms with Crippen molar-refractivity contribution in [3.63, 3.8) is 0 Å². The molecular weight excluding hydrogens is 406 g/mol. The standard InChI is InChI=1S/C17H27N3O6S2/c1-3-7-27-9-12(19-14(21)6-5-11(18)16(23)24)15(22)20-13(17(25)26)10-28-8-4-2/h3-4,7-8,11-13H,5-6,9-10,18H2,1-2H3,(H,19,21)(H,20,22)(H,23,24)(H,25,26)/t11-,12-,13-/m0/s1. The number of rotatable bonds is 14. The molecule has 0 aliphatic rings. The van der Waals surface area contributed by atoms with Crippen molar-refractivity contribution in [3.05, 3.63) is 23.0 Å². The Morgan fingerprint density at radius 2 is 1.46 bits per heavy atom. The Morgan fingerprint density at radius 1 is 0.929 bits per heavy atom. The summed E-state index contributed by atoms with van der Waals surface area (Å²) in [5, 5.41) is 26.4. The van der Waals surface area contributed by atoms with Crippen LogP contribution in [0.4, 0.5) is 0 Å². The van der Waals surface area contributed by atoms with E-state index in [0.717, 1.165) is 0 Å². The lowest BCUT2D eigenvalue weighted by atomic mass is 10.1. The van der Waals surface area contributed by atoms with E-state index in [2.05, 4.69) is 10.6 Å².